The lowest BCUT2D eigenvalue weighted by Gasteiger charge is -2.06. The van der Waals surface area contributed by atoms with Crippen molar-refractivity contribution in [2.45, 2.75) is 20.3 Å². The minimum absolute atomic E-state index is 0.113. The van der Waals surface area contributed by atoms with Crippen LogP contribution in [0.25, 0.3) is 0 Å². The van der Waals surface area contributed by atoms with E-state index in [4.69, 9.17) is 4.74 Å². The van der Waals surface area contributed by atoms with E-state index in [1.54, 1.807) is 18.3 Å². The fourth-order valence-electron chi connectivity index (χ4n) is 1.59. The number of ether oxygens (including phenoxy) is 1. The molecule has 1 aromatic heterocycles. The van der Waals surface area contributed by atoms with Crippen LogP contribution in [0.15, 0.2) is 42.6 Å². The number of carbonyl (C=O) groups is 1. The zero-order chi connectivity index (χ0) is 13.0. The second kappa shape index (κ2) is 5.45. The van der Waals surface area contributed by atoms with Gasteiger partial charge in [-0.05, 0) is 31.2 Å². The predicted molar refractivity (Wildman–Crippen MR) is 70.1 cm³/mol. The SMILES string of the molecule is CCC(=O)c1cccc(Oc2ccc(C)nc2)c1. The van der Waals surface area contributed by atoms with Crippen molar-refractivity contribution in [1.82, 2.24) is 4.98 Å². The van der Waals surface area contributed by atoms with E-state index in [1.165, 1.54) is 0 Å². The van der Waals surface area contributed by atoms with Gasteiger partial charge in [0.25, 0.3) is 0 Å². The third kappa shape index (κ3) is 2.94. The van der Waals surface area contributed by atoms with Gasteiger partial charge < -0.3 is 4.74 Å². The molecule has 0 saturated heterocycles. The molecule has 1 heterocycles. The van der Waals surface area contributed by atoms with Gasteiger partial charge in [-0.1, -0.05) is 19.1 Å². The molecule has 0 atom stereocenters. The summed E-state index contributed by atoms with van der Waals surface area (Å²) in [6, 6.07) is 10.9. The second-order valence-corrected chi connectivity index (χ2v) is 4.04. The molecular formula is C15H15NO2. The van der Waals surface area contributed by atoms with Crippen molar-refractivity contribution in [1.29, 1.82) is 0 Å². The molecule has 18 heavy (non-hydrogen) atoms. The number of benzene rings is 1. The Bertz CT molecular complexity index is 547. The largest absolute Gasteiger partial charge is 0.456 e. The molecule has 0 bridgehead atoms. The molecule has 2 rings (SSSR count). The molecule has 92 valence electrons. The molecule has 0 saturated carbocycles. The van der Waals surface area contributed by atoms with Crippen LogP contribution in [-0.4, -0.2) is 10.8 Å². The summed E-state index contributed by atoms with van der Waals surface area (Å²) in [5.74, 6) is 1.43. The molecule has 3 nitrogen and oxygen atoms in total. The predicted octanol–water partition coefficient (Wildman–Crippen LogP) is 3.78. The Morgan fingerprint density at radius 2 is 2.06 bits per heavy atom. The van der Waals surface area contributed by atoms with E-state index in [0.717, 1.165) is 5.69 Å². The van der Waals surface area contributed by atoms with Gasteiger partial charge in [-0.2, -0.15) is 0 Å². The lowest BCUT2D eigenvalue weighted by Crippen LogP contribution is -1.96. The van der Waals surface area contributed by atoms with Crippen LogP contribution < -0.4 is 4.74 Å². The Balaban J connectivity index is 2.19. The van der Waals surface area contributed by atoms with Crippen molar-refractivity contribution in [3.8, 4) is 11.5 Å². The fourth-order valence-corrected chi connectivity index (χ4v) is 1.59. The summed E-state index contributed by atoms with van der Waals surface area (Å²) in [5.41, 5.74) is 1.62. The molecule has 0 spiro atoms. The number of aromatic nitrogens is 1. The number of hydrogen-bond donors (Lipinski definition) is 0. The zero-order valence-electron chi connectivity index (χ0n) is 10.5. The van der Waals surface area contributed by atoms with Crippen LogP contribution in [0.3, 0.4) is 0 Å². The van der Waals surface area contributed by atoms with Crippen LogP contribution >= 0.6 is 0 Å². The van der Waals surface area contributed by atoms with Crippen molar-refractivity contribution >= 4 is 5.78 Å². The molecule has 2 aromatic rings. The summed E-state index contributed by atoms with van der Waals surface area (Å²) in [7, 11) is 0. The maximum Gasteiger partial charge on any atom is 0.162 e. The van der Waals surface area contributed by atoms with Gasteiger partial charge in [-0.25, -0.2) is 0 Å². The van der Waals surface area contributed by atoms with Gasteiger partial charge >= 0.3 is 0 Å². The van der Waals surface area contributed by atoms with Gasteiger partial charge in [0.1, 0.15) is 11.5 Å². The molecule has 0 aliphatic heterocycles. The fraction of sp³-hybridized carbons (Fsp3) is 0.200. The third-order valence-electron chi connectivity index (χ3n) is 2.60. The monoisotopic (exact) mass is 241 g/mol. The average molecular weight is 241 g/mol. The zero-order valence-corrected chi connectivity index (χ0v) is 10.5. The first kappa shape index (κ1) is 12.3. The van der Waals surface area contributed by atoms with Crippen molar-refractivity contribution in [3.63, 3.8) is 0 Å². The van der Waals surface area contributed by atoms with Crippen molar-refractivity contribution < 1.29 is 9.53 Å². The van der Waals surface area contributed by atoms with E-state index in [2.05, 4.69) is 4.98 Å². The highest BCUT2D eigenvalue weighted by Crippen LogP contribution is 2.22. The number of nitrogens with zero attached hydrogens (tertiary/aromatic N) is 1. The van der Waals surface area contributed by atoms with E-state index in [9.17, 15) is 4.79 Å². The molecule has 0 amide bonds. The molecule has 3 heteroatoms. The molecule has 1 aromatic carbocycles. The lowest BCUT2D eigenvalue weighted by molar-refractivity contribution is 0.0988. The van der Waals surface area contributed by atoms with Gasteiger partial charge in [0, 0.05) is 17.7 Å². The van der Waals surface area contributed by atoms with Crippen LogP contribution in [0.1, 0.15) is 29.4 Å². The van der Waals surface area contributed by atoms with Crippen LogP contribution in [-0.2, 0) is 0 Å². The number of hydrogen-bond acceptors (Lipinski definition) is 3. The topological polar surface area (TPSA) is 39.2 Å². The van der Waals surface area contributed by atoms with E-state index in [-0.39, 0.29) is 5.78 Å². The highest BCUT2D eigenvalue weighted by Gasteiger charge is 2.05. The summed E-state index contributed by atoms with van der Waals surface area (Å²) in [6.07, 6.45) is 2.17. The molecule has 0 aliphatic carbocycles. The summed E-state index contributed by atoms with van der Waals surface area (Å²) in [4.78, 5) is 15.8. The Morgan fingerprint density at radius 1 is 1.22 bits per heavy atom. The highest BCUT2D eigenvalue weighted by atomic mass is 16.5. The molecule has 0 unspecified atom stereocenters. The molecule has 0 N–H and O–H groups in total. The average Bonchev–Trinajstić information content (AvgIpc) is 2.41. The van der Waals surface area contributed by atoms with Crippen molar-refractivity contribution in [2.75, 3.05) is 0 Å². The number of pyridine rings is 1. The van der Waals surface area contributed by atoms with E-state index in [0.29, 0.717) is 23.5 Å². The van der Waals surface area contributed by atoms with Crippen molar-refractivity contribution in [3.05, 3.63) is 53.9 Å². The molecule has 0 aliphatic rings. The number of Topliss-reactive ketones (excluding diaryl/α,β-unsaturated/α-hetero) is 1. The maximum absolute atomic E-state index is 11.6. The standard InChI is InChI=1S/C15H15NO2/c1-3-15(17)12-5-4-6-13(9-12)18-14-8-7-11(2)16-10-14/h4-10H,3H2,1-2H3. The van der Waals surface area contributed by atoms with Crippen LogP contribution in [0.5, 0.6) is 11.5 Å². The molecular weight excluding hydrogens is 226 g/mol. The highest BCUT2D eigenvalue weighted by molar-refractivity contribution is 5.96. The second-order valence-electron chi connectivity index (χ2n) is 4.04. The van der Waals surface area contributed by atoms with E-state index >= 15 is 0 Å². The van der Waals surface area contributed by atoms with Crippen LogP contribution in [0.2, 0.25) is 0 Å². The number of rotatable bonds is 4. The van der Waals surface area contributed by atoms with Gasteiger partial charge in [-0.3, -0.25) is 9.78 Å². The maximum atomic E-state index is 11.6. The first-order valence-corrected chi connectivity index (χ1v) is 5.93. The quantitative estimate of drug-likeness (QED) is 0.765. The van der Waals surface area contributed by atoms with Gasteiger partial charge in [-0.15, -0.1) is 0 Å². The third-order valence-corrected chi connectivity index (χ3v) is 2.60. The van der Waals surface area contributed by atoms with Gasteiger partial charge in [0.05, 0.1) is 6.20 Å². The Hall–Kier alpha value is -2.16. The van der Waals surface area contributed by atoms with Crippen LogP contribution in [0, 0.1) is 6.92 Å². The summed E-state index contributed by atoms with van der Waals surface area (Å²) in [5, 5.41) is 0. The number of carbonyl (C=O) groups excluding carboxylic acids is 1. The molecule has 0 radical (unpaired) electrons. The molecule has 0 fully saturated rings. The Morgan fingerprint density at radius 3 is 2.72 bits per heavy atom. The summed E-state index contributed by atoms with van der Waals surface area (Å²) in [6.45, 7) is 3.77. The smallest absolute Gasteiger partial charge is 0.162 e. The minimum atomic E-state index is 0.113. The summed E-state index contributed by atoms with van der Waals surface area (Å²) < 4.78 is 5.65. The van der Waals surface area contributed by atoms with Gasteiger partial charge in [0.15, 0.2) is 5.78 Å². The minimum Gasteiger partial charge on any atom is -0.456 e. The Labute approximate surface area is 106 Å². The van der Waals surface area contributed by atoms with Crippen molar-refractivity contribution in [2.24, 2.45) is 0 Å². The number of ketones is 1. The van der Waals surface area contributed by atoms with Gasteiger partial charge in [0.2, 0.25) is 0 Å². The first-order valence-electron chi connectivity index (χ1n) is 5.93. The van der Waals surface area contributed by atoms with E-state index in [1.807, 2.05) is 38.1 Å². The summed E-state index contributed by atoms with van der Waals surface area (Å²) >= 11 is 0. The Kier molecular flexibility index (Phi) is 3.72. The lowest BCUT2D eigenvalue weighted by atomic mass is 10.1. The first-order chi connectivity index (χ1) is 8.69. The number of aryl methyl sites for hydroxylation is 1. The van der Waals surface area contributed by atoms with Crippen LogP contribution in [0.4, 0.5) is 0 Å². The van der Waals surface area contributed by atoms with E-state index < -0.39 is 0 Å². The normalized spacial score (nSPS) is 10.1.